The van der Waals surface area contributed by atoms with Gasteiger partial charge in [0.25, 0.3) is 0 Å². The summed E-state index contributed by atoms with van der Waals surface area (Å²) in [5.74, 6) is 0. The Kier molecular flexibility index (Phi) is 1.87. The third kappa shape index (κ3) is 1.34. The number of nitrogens with zero attached hydrogens (tertiary/aromatic N) is 2. The number of nitrogen functional groups attached to an aromatic ring is 1. The van der Waals surface area contributed by atoms with Crippen molar-refractivity contribution in [1.82, 2.24) is 4.37 Å². The van der Waals surface area contributed by atoms with E-state index in [9.17, 15) is 0 Å². The molecule has 0 fully saturated rings. The van der Waals surface area contributed by atoms with Crippen molar-refractivity contribution in [3.8, 4) is 6.07 Å². The molecule has 2 N–H and O–H groups in total. The molecule has 0 radical (unpaired) electrons. The topological polar surface area (TPSA) is 62.7 Å². The van der Waals surface area contributed by atoms with Gasteiger partial charge < -0.3 is 5.73 Å². The predicted molar refractivity (Wildman–Crippen MR) is 53.3 cm³/mol. The molecule has 2 rings (SSSR count). The maximum absolute atomic E-state index is 8.55. The first kappa shape index (κ1) is 8.02. The predicted octanol–water partition coefficient (Wildman–Crippen LogP) is 1.94. The van der Waals surface area contributed by atoms with Gasteiger partial charge in [0.1, 0.15) is 0 Å². The Bertz CT molecular complexity index is 481. The van der Waals surface area contributed by atoms with Crippen LogP contribution in [-0.2, 0) is 6.42 Å². The third-order valence-electron chi connectivity index (χ3n) is 1.82. The fourth-order valence-electron chi connectivity index (χ4n) is 1.21. The zero-order chi connectivity index (χ0) is 9.26. The number of aromatic nitrogens is 1. The number of anilines is 1. The quantitative estimate of drug-likeness (QED) is 0.697. The second kappa shape index (κ2) is 3.04. The lowest BCUT2D eigenvalue weighted by atomic mass is 10.2. The van der Waals surface area contributed by atoms with Crippen molar-refractivity contribution in [2.75, 3.05) is 5.73 Å². The maximum atomic E-state index is 8.55. The van der Waals surface area contributed by atoms with Gasteiger partial charge in [0.05, 0.1) is 22.9 Å². The van der Waals surface area contributed by atoms with E-state index in [1.54, 1.807) is 0 Å². The Morgan fingerprint density at radius 1 is 1.54 bits per heavy atom. The van der Waals surface area contributed by atoms with Crippen LogP contribution in [0.1, 0.15) is 5.69 Å². The molecule has 0 aliphatic rings. The van der Waals surface area contributed by atoms with E-state index in [4.69, 9.17) is 11.0 Å². The molecule has 4 heteroatoms. The molecule has 0 amide bonds. The van der Waals surface area contributed by atoms with Crippen molar-refractivity contribution in [3.05, 3.63) is 23.9 Å². The molecule has 0 unspecified atom stereocenters. The van der Waals surface area contributed by atoms with Gasteiger partial charge in [-0.3, -0.25) is 0 Å². The minimum absolute atomic E-state index is 0.351. The number of hydrogen-bond acceptors (Lipinski definition) is 4. The van der Waals surface area contributed by atoms with Crippen molar-refractivity contribution in [2.45, 2.75) is 6.42 Å². The van der Waals surface area contributed by atoms with Crippen molar-refractivity contribution in [3.63, 3.8) is 0 Å². The van der Waals surface area contributed by atoms with Gasteiger partial charge in [0.2, 0.25) is 0 Å². The first-order valence-corrected chi connectivity index (χ1v) is 4.59. The summed E-state index contributed by atoms with van der Waals surface area (Å²) < 4.78 is 5.27. The fraction of sp³-hybridized carbons (Fsp3) is 0.111. The lowest BCUT2D eigenvalue weighted by Crippen LogP contribution is -1.85. The summed E-state index contributed by atoms with van der Waals surface area (Å²) in [6, 6.07) is 7.73. The van der Waals surface area contributed by atoms with E-state index in [1.807, 2.05) is 18.2 Å². The highest BCUT2D eigenvalue weighted by atomic mass is 32.1. The minimum Gasteiger partial charge on any atom is -0.399 e. The molecule has 1 heterocycles. The number of nitriles is 1. The van der Waals surface area contributed by atoms with E-state index < -0.39 is 0 Å². The average molecular weight is 189 g/mol. The van der Waals surface area contributed by atoms with Gasteiger partial charge in [-0.05, 0) is 29.7 Å². The highest BCUT2D eigenvalue weighted by molar-refractivity contribution is 7.13. The van der Waals surface area contributed by atoms with Gasteiger partial charge in [0, 0.05) is 11.1 Å². The van der Waals surface area contributed by atoms with Crippen LogP contribution in [0.4, 0.5) is 5.69 Å². The van der Waals surface area contributed by atoms with E-state index in [-0.39, 0.29) is 0 Å². The normalized spacial score (nSPS) is 10.1. The summed E-state index contributed by atoms with van der Waals surface area (Å²) in [4.78, 5) is 0. The standard InChI is InChI=1S/C9H7N3S/c10-4-3-8-7-5-6(11)1-2-9(7)13-12-8/h1-2,5H,3,11H2. The van der Waals surface area contributed by atoms with Crippen LogP contribution in [-0.4, -0.2) is 4.37 Å². The first-order valence-electron chi connectivity index (χ1n) is 3.82. The molecule has 2 aromatic rings. The minimum atomic E-state index is 0.351. The highest BCUT2D eigenvalue weighted by Gasteiger charge is 2.04. The van der Waals surface area contributed by atoms with Gasteiger partial charge in [0.15, 0.2) is 0 Å². The SMILES string of the molecule is N#CCc1nsc2ccc(N)cc12. The van der Waals surface area contributed by atoms with Crippen LogP contribution < -0.4 is 5.73 Å². The molecule has 64 valence electrons. The zero-order valence-corrected chi connectivity index (χ0v) is 7.64. The van der Waals surface area contributed by atoms with Crippen molar-refractivity contribution in [2.24, 2.45) is 0 Å². The molecule has 0 aliphatic heterocycles. The Hall–Kier alpha value is -1.60. The number of rotatable bonds is 1. The highest BCUT2D eigenvalue weighted by Crippen LogP contribution is 2.24. The van der Waals surface area contributed by atoms with Crippen molar-refractivity contribution < 1.29 is 0 Å². The maximum Gasteiger partial charge on any atom is 0.0791 e. The summed E-state index contributed by atoms with van der Waals surface area (Å²) in [5, 5.41) is 9.56. The van der Waals surface area contributed by atoms with E-state index in [1.165, 1.54) is 11.5 Å². The lowest BCUT2D eigenvalue weighted by molar-refractivity contribution is 1.21. The van der Waals surface area contributed by atoms with Crippen LogP contribution in [0.5, 0.6) is 0 Å². The largest absolute Gasteiger partial charge is 0.399 e. The van der Waals surface area contributed by atoms with Gasteiger partial charge in [-0.1, -0.05) is 0 Å². The molecule has 1 aromatic carbocycles. The average Bonchev–Trinajstić information content (AvgIpc) is 2.49. The number of hydrogen-bond donors (Lipinski definition) is 1. The number of fused-ring (bicyclic) bond motifs is 1. The van der Waals surface area contributed by atoms with Crippen LogP contribution in [0.2, 0.25) is 0 Å². The molecule has 0 aliphatic carbocycles. The van der Waals surface area contributed by atoms with E-state index in [0.717, 1.165) is 15.8 Å². The molecular formula is C9H7N3S. The van der Waals surface area contributed by atoms with E-state index in [2.05, 4.69) is 10.4 Å². The van der Waals surface area contributed by atoms with Gasteiger partial charge >= 0.3 is 0 Å². The summed E-state index contributed by atoms with van der Waals surface area (Å²) >= 11 is 1.41. The van der Waals surface area contributed by atoms with Crippen LogP contribution in [0.3, 0.4) is 0 Å². The number of benzene rings is 1. The summed E-state index contributed by atoms with van der Waals surface area (Å²) in [6.45, 7) is 0. The van der Waals surface area contributed by atoms with Gasteiger partial charge in [-0.15, -0.1) is 0 Å². The summed E-state index contributed by atoms with van der Waals surface area (Å²) in [7, 11) is 0. The fourth-order valence-corrected chi connectivity index (χ4v) is 1.98. The Morgan fingerprint density at radius 2 is 2.38 bits per heavy atom. The molecule has 13 heavy (non-hydrogen) atoms. The number of nitrogens with two attached hydrogens (primary N) is 1. The Labute approximate surface area is 79.6 Å². The first-order chi connectivity index (χ1) is 6.31. The van der Waals surface area contributed by atoms with Gasteiger partial charge in [-0.2, -0.15) is 9.64 Å². The zero-order valence-electron chi connectivity index (χ0n) is 6.82. The van der Waals surface area contributed by atoms with E-state index >= 15 is 0 Å². The molecular weight excluding hydrogens is 182 g/mol. The van der Waals surface area contributed by atoms with Crippen molar-refractivity contribution >= 4 is 27.3 Å². The lowest BCUT2D eigenvalue weighted by Gasteiger charge is -1.93. The van der Waals surface area contributed by atoms with Crippen LogP contribution >= 0.6 is 11.5 Å². The molecule has 3 nitrogen and oxygen atoms in total. The van der Waals surface area contributed by atoms with Crippen LogP contribution in [0, 0.1) is 11.3 Å². The molecule has 0 saturated carbocycles. The third-order valence-corrected chi connectivity index (χ3v) is 2.68. The summed E-state index contributed by atoms with van der Waals surface area (Å²) in [6.07, 6.45) is 0.351. The van der Waals surface area contributed by atoms with Crippen LogP contribution in [0.25, 0.3) is 10.1 Å². The molecule has 0 atom stereocenters. The molecule has 0 bridgehead atoms. The molecule has 0 saturated heterocycles. The van der Waals surface area contributed by atoms with Gasteiger partial charge in [-0.25, -0.2) is 0 Å². The molecule has 0 spiro atoms. The van der Waals surface area contributed by atoms with Crippen molar-refractivity contribution in [1.29, 1.82) is 5.26 Å². The van der Waals surface area contributed by atoms with E-state index in [0.29, 0.717) is 12.1 Å². The second-order valence-corrected chi connectivity index (χ2v) is 3.52. The smallest absolute Gasteiger partial charge is 0.0791 e. The Balaban J connectivity index is 2.66. The van der Waals surface area contributed by atoms with Crippen LogP contribution in [0.15, 0.2) is 18.2 Å². The summed E-state index contributed by atoms with van der Waals surface area (Å²) in [5.41, 5.74) is 7.19. The second-order valence-electron chi connectivity index (χ2n) is 2.72. The monoisotopic (exact) mass is 189 g/mol. The Morgan fingerprint density at radius 3 is 3.15 bits per heavy atom. The molecule has 1 aromatic heterocycles.